The van der Waals surface area contributed by atoms with Crippen LogP contribution >= 0.6 is 0 Å². The van der Waals surface area contributed by atoms with Gasteiger partial charge in [-0.1, -0.05) is 13.3 Å². The van der Waals surface area contributed by atoms with Crippen molar-refractivity contribution in [2.75, 3.05) is 12.8 Å². The van der Waals surface area contributed by atoms with E-state index in [1.807, 2.05) is 0 Å². The van der Waals surface area contributed by atoms with Gasteiger partial charge >= 0.3 is 0 Å². The lowest BCUT2D eigenvalue weighted by molar-refractivity contribution is 0.385. The number of hydrogen-bond donors (Lipinski definition) is 3. The first-order valence-corrected chi connectivity index (χ1v) is 5.52. The number of rotatable bonds is 4. The molecular formula is C10H16N6O. The molecule has 2 aromatic heterocycles. The number of nitrogens with zero attached hydrogens (tertiary/aromatic N) is 3. The minimum absolute atomic E-state index is 0.123. The molecule has 0 aliphatic heterocycles. The lowest BCUT2D eigenvalue weighted by atomic mass is 10.3. The summed E-state index contributed by atoms with van der Waals surface area (Å²) in [6.07, 6.45) is 2.01. The fourth-order valence-electron chi connectivity index (χ4n) is 1.67. The van der Waals surface area contributed by atoms with Crippen molar-refractivity contribution in [1.29, 1.82) is 5.41 Å². The summed E-state index contributed by atoms with van der Waals surface area (Å²) in [5.74, 6) is 0.272. The molecule has 0 atom stereocenters. The highest BCUT2D eigenvalue weighted by Crippen LogP contribution is 2.18. The van der Waals surface area contributed by atoms with Crippen LogP contribution in [0.4, 0.5) is 5.82 Å². The smallest absolute Gasteiger partial charge is 0.295 e. The van der Waals surface area contributed by atoms with E-state index in [1.165, 1.54) is 7.11 Å². The van der Waals surface area contributed by atoms with Crippen molar-refractivity contribution in [3.63, 3.8) is 0 Å². The lowest BCUT2D eigenvalue weighted by Gasteiger charge is -2.06. The Bertz CT molecular complexity index is 584. The van der Waals surface area contributed by atoms with E-state index >= 15 is 0 Å². The normalized spacial score (nSPS) is 10.9. The molecule has 92 valence electrons. The largest absolute Gasteiger partial charge is 0.468 e. The molecule has 7 nitrogen and oxygen atoms in total. The van der Waals surface area contributed by atoms with E-state index in [0.717, 1.165) is 12.8 Å². The van der Waals surface area contributed by atoms with Gasteiger partial charge in [-0.15, -0.1) is 0 Å². The number of methoxy groups -OCH3 is 1. The highest BCUT2D eigenvalue weighted by molar-refractivity contribution is 5.82. The molecule has 0 radical (unpaired) electrons. The molecule has 2 rings (SSSR count). The Morgan fingerprint density at radius 3 is 2.88 bits per heavy atom. The number of nitrogens with one attached hydrogen (secondary N) is 2. The van der Waals surface area contributed by atoms with Crippen LogP contribution in [0.15, 0.2) is 0 Å². The summed E-state index contributed by atoms with van der Waals surface area (Å²) < 4.78 is 6.76. The van der Waals surface area contributed by atoms with E-state index in [2.05, 4.69) is 21.9 Å². The molecule has 7 heteroatoms. The topological polar surface area (TPSA) is 106 Å². The maximum atomic E-state index is 7.82. The molecule has 0 aliphatic rings. The van der Waals surface area contributed by atoms with Gasteiger partial charge in [-0.05, 0) is 6.42 Å². The first-order valence-electron chi connectivity index (χ1n) is 5.52. The molecule has 0 amide bonds. The Labute approximate surface area is 98.2 Å². The number of H-pyrrole nitrogens is 1. The van der Waals surface area contributed by atoms with Gasteiger partial charge in [0.2, 0.25) is 5.62 Å². The van der Waals surface area contributed by atoms with E-state index in [-0.39, 0.29) is 11.4 Å². The van der Waals surface area contributed by atoms with Crippen molar-refractivity contribution in [2.45, 2.75) is 26.3 Å². The second kappa shape index (κ2) is 4.44. The quantitative estimate of drug-likeness (QED) is 0.723. The molecule has 2 aromatic rings. The summed E-state index contributed by atoms with van der Waals surface area (Å²) >= 11 is 0. The predicted octanol–water partition coefficient (Wildman–Crippen LogP) is 0.630. The molecule has 0 saturated carbocycles. The second-order valence-corrected chi connectivity index (χ2v) is 3.77. The summed E-state index contributed by atoms with van der Waals surface area (Å²) in [6.45, 7) is 2.80. The Morgan fingerprint density at radius 1 is 1.47 bits per heavy atom. The zero-order valence-corrected chi connectivity index (χ0v) is 9.95. The number of imidazole rings is 1. The number of aromatic nitrogens is 4. The number of nitrogens with two attached hydrogens (primary N) is 1. The minimum Gasteiger partial charge on any atom is -0.468 e. The molecular weight excluding hydrogens is 220 g/mol. The van der Waals surface area contributed by atoms with Gasteiger partial charge < -0.3 is 15.5 Å². The zero-order valence-electron chi connectivity index (χ0n) is 9.95. The van der Waals surface area contributed by atoms with Crippen molar-refractivity contribution in [3.05, 3.63) is 5.62 Å². The molecule has 0 aromatic carbocycles. The third kappa shape index (κ3) is 1.95. The van der Waals surface area contributed by atoms with Crippen LogP contribution in [0, 0.1) is 5.41 Å². The van der Waals surface area contributed by atoms with Crippen LogP contribution in [-0.2, 0) is 6.54 Å². The maximum Gasteiger partial charge on any atom is 0.295 e. The molecule has 0 unspecified atom stereocenters. The second-order valence-electron chi connectivity index (χ2n) is 3.77. The number of aromatic amines is 1. The average Bonchev–Trinajstić information content (AvgIpc) is 2.73. The number of anilines is 1. The number of ether oxygens (including phenoxy) is 1. The summed E-state index contributed by atoms with van der Waals surface area (Å²) in [5.41, 5.74) is 7.11. The standard InChI is InChI=1S/C10H16N6O/c1-3-4-5-16-8-6(7(11)14-9(16)12)13-10(15-8)17-2/h3-5H2,1-2H3,(H,13,15)(H3,11,12,14). The fourth-order valence-corrected chi connectivity index (χ4v) is 1.67. The molecule has 0 bridgehead atoms. The monoisotopic (exact) mass is 236 g/mol. The fraction of sp³-hybridized carbons (Fsp3) is 0.500. The van der Waals surface area contributed by atoms with Crippen LogP contribution in [-0.4, -0.2) is 26.6 Å². The van der Waals surface area contributed by atoms with Crippen LogP contribution in [0.3, 0.4) is 0 Å². The molecule has 4 N–H and O–H groups in total. The van der Waals surface area contributed by atoms with Gasteiger partial charge in [-0.25, -0.2) is 0 Å². The van der Waals surface area contributed by atoms with Crippen LogP contribution < -0.4 is 16.1 Å². The van der Waals surface area contributed by atoms with E-state index in [0.29, 0.717) is 23.7 Å². The summed E-state index contributed by atoms with van der Waals surface area (Å²) in [7, 11) is 1.53. The zero-order chi connectivity index (χ0) is 12.4. The average molecular weight is 236 g/mol. The first kappa shape index (κ1) is 11.4. The summed E-state index contributed by atoms with van der Waals surface area (Å²) in [6, 6.07) is 0.379. The molecule has 0 saturated heterocycles. The van der Waals surface area contributed by atoms with E-state index < -0.39 is 0 Å². The molecule has 0 spiro atoms. The summed E-state index contributed by atoms with van der Waals surface area (Å²) in [4.78, 5) is 11.2. The molecule has 0 aliphatic carbocycles. The molecule has 0 fully saturated rings. The van der Waals surface area contributed by atoms with Gasteiger partial charge in [0.25, 0.3) is 6.01 Å². The highest BCUT2D eigenvalue weighted by Gasteiger charge is 2.12. The Kier molecular flexibility index (Phi) is 2.99. The third-order valence-electron chi connectivity index (χ3n) is 2.59. The van der Waals surface area contributed by atoms with Gasteiger partial charge in [0, 0.05) is 6.54 Å². The number of nitrogen functional groups attached to an aromatic ring is 1. The Balaban J connectivity index is 2.63. The van der Waals surface area contributed by atoms with Gasteiger partial charge in [0.15, 0.2) is 11.5 Å². The number of unbranched alkanes of at least 4 members (excludes halogenated alkanes) is 1. The number of aryl methyl sites for hydroxylation is 1. The van der Waals surface area contributed by atoms with Crippen LogP contribution in [0.25, 0.3) is 11.2 Å². The van der Waals surface area contributed by atoms with Crippen molar-refractivity contribution < 1.29 is 4.74 Å². The number of hydrogen-bond acceptors (Lipinski definition) is 5. The van der Waals surface area contributed by atoms with Crippen LogP contribution in [0.2, 0.25) is 0 Å². The third-order valence-corrected chi connectivity index (χ3v) is 2.59. The van der Waals surface area contributed by atoms with E-state index in [9.17, 15) is 0 Å². The van der Waals surface area contributed by atoms with Gasteiger partial charge in [-0.3, -0.25) is 9.98 Å². The van der Waals surface area contributed by atoms with Crippen LogP contribution in [0.5, 0.6) is 6.01 Å². The summed E-state index contributed by atoms with van der Waals surface area (Å²) in [5, 5.41) is 7.82. The van der Waals surface area contributed by atoms with Gasteiger partial charge in [0.05, 0.1) is 7.11 Å². The highest BCUT2D eigenvalue weighted by atomic mass is 16.5. The van der Waals surface area contributed by atoms with Crippen molar-refractivity contribution in [3.8, 4) is 6.01 Å². The van der Waals surface area contributed by atoms with Gasteiger partial charge in [-0.2, -0.15) is 9.97 Å². The number of fused-ring (bicyclic) bond motifs is 1. The first-order chi connectivity index (χ1) is 8.17. The van der Waals surface area contributed by atoms with E-state index in [4.69, 9.17) is 15.9 Å². The maximum absolute atomic E-state index is 7.82. The SMILES string of the molecule is CCCCn1c(=N)nc(N)c2[nH]c(OC)nc21. The Morgan fingerprint density at radius 2 is 2.24 bits per heavy atom. The molecule has 2 heterocycles. The van der Waals surface area contributed by atoms with E-state index in [1.54, 1.807) is 4.57 Å². The Hall–Kier alpha value is -2.05. The minimum atomic E-state index is 0.123. The predicted molar refractivity (Wildman–Crippen MR) is 63.6 cm³/mol. The van der Waals surface area contributed by atoms with Crippen molar-refractivity contribution >= 4 is 17.0 Å². The van der Waals surface area contributed by atoms with Crippen molar-refractivity contribution in [1.82, 2.24) is 19.5 Å². The van der Waals surface area contributed by atoms with Crippen LogP contribution in [0.1, 0.15) is 19.8 Å². The molecule has 17 heavy (non-hydrogen) atoms. The van der Waals surface area contributed by atoms with Crippen molar-refractivity contribution in [2.24, 2.45) is 0 Å². The van der Waals surface area contributed by atoms with Gasteiger partial charge in [0.1, 0.15) is 5.52 Å². The lowest BCUT2D eigenvalue weighted by Crippen LogP contribution is -2.25.